The molecule has 1 unspecified atom stereocenters. The smallest absolute Gasteiger partial charge is 0.146 e. The van der Waals surface area contributed by atoms with Gasteiger partial charge in [-0.1, -0.05) is 24.3 Å². The first-order chi connectivity index (χ1) is 13.2. The van der Waals surface area contributed by atoms with E-state index in [0.29, 0.717) is 11.4 Å². The van der Waals surface area contributed by atoms with Crippen molar-refractivity contribution in [2.75, 3.05) is 11.9 Å². The molecule has 2 aromatic carbocycles. The molecule has 1 atom stereocenters. The van der Waals surface area contributed by atoms with Crippen molar-refractivity contribution in [3.63, 3.8) is 0 Å². The molecule has 0 amide bonds. The van der Waals surface area contributed by atoms with Crippen LogP contribution in [0.1, 0.15) is 24.1 Å². The normalized spacial score (nSPS) is 11.9. The fourth-order valence-corrected chi connectivity index (χ4v) is 3.25. The predicted octanol–water partition coefficient (Wildman–Crippen LogP) is 4.49. The maximum atomic E-state index is 9.32. The van der Waals surface area contributed by atoms with Crippen LogP contribution in [0.4, 0.5) is 5.82 Å². The zero-order valence-electron chi connectivity index (χ0n) is 15.2. The van der Waals surface area contributed by atoms with Gasteiger partial charge in [0.15, 0.2) is 0 Å². The molecule has 5 heteroatoms. The fourth-order valence-electron chi connectivity index (χ4n) is 3.25. The number of hydrogen-bond donors (Lipinski definition) is 0. The van der Waals surface area contributed by atoms with Gasteiger partial charge in [0.05, 0.1) is 22.6 Å². The van der Waals surface area contributed by atoms with Crippen LogP contribution in [-0.4, -0.2) is 21.6 Å². The average molecular weight is 353 g/mol. The maximum absolute atomic E-state index is 9.32. The molecule has 2 aromatic heterocycles. The average Bonchev–Trinajstić information content (AvgIpc) is 3.17. The van der Waals surface area contributed by atoms with Crippen LogP contribution in [0.5, 0.6) is 0 Å². The second-order valence-electron chi connectivity index (χ2n) is 6.47. The molecule has 27 heavy (non-hydrogen) atoms. The predicted molar refractivity (Wildman–Crippen MR) is 107 cm³/mol. The lowest BCUT2D eigenvalue weighted by molar-refractivity contribution is 0.727. The number of fused-ring (bicyclic) bond motifs is 1. The van der Waals surface area contributed by atoms with Crippen LogP contribution >= 0.6 is 0 Å². The summed E-state index contributed by atoms with van der Waals surface area (Å²) in [4.78, 5) is 10.9. The van der Waals surface area contributed by atoms with E-state index in [1.165, 1.54) is 0 Å². The van der Waals surface area contributed by atoms with Crippen molar-refractivity contribution in [2.24, 2.45) is 0 Å². The molecule has 2 heterocycles. The number of imidazole rings is 1. The van der Waals surface area contributed by atoms with Gasteiger partial charge in [-0.25, -0.2) is 9.97 Å². The summed E-state index contributed by atoms with van der Waals surface area (Å²) in [7, 11) is 1.96. The molecular formula is C22H19N5. The Kier molecular flexibility index (Phi) is 4.31. The Morgan fingerprint density at radius 1 is 1.00 bits per heavy atom. The van der Waals surface area contributed by atoms with Crippen molar-refractivity contribution in [3.05, 3.63) is 84.3 Å². The van der Waals surface area contributed by atoms with Crippen molar-refractivity contribution >= 4 is 16.9 Å². The van der Waals surface area contributed by atoms with E-state index in [1.807, 2.05) is 36.5 Å². The molecule has 0 saturated carbocycles. The third kappa shape index (κ3) is 3.02. The molecule has 0 aliphatic rings. The van der Waals surface area contributed by atoms with Crippen LogP contribution in [-0.2, 0) is 0 Å². The van der Waals surface area contributed by atoms with Gasteiger partial charge < -0.3 is 4.90 Å². The second kappa shape index (κ2) is 6.93. The van der Waals surface area contributed by atoms with Crippen LogP contribution in [0, 0.1) is 11.3 Å². The third-order valence-corrected chi connectivity index (χ3v) is 4.93. The zero-order valence-corrected chi connectivity index (χ0v) is 15.2. The molecule has 4 rings (SSSR count). The summed E-state index contributed by atoms with van der Waals surface area (Å²) < 4.78 is 2.08. The lowest BCUT2D eigenvalue weighted by atomic mass is 10.1. The summed E-state index contributed by atoms with van der Waals surface area (Å²) in [6.45, 7) is 2.11. The molecule has 0 spiro atoms. The Labute approximate surface area is 158 Å². The van der Waals surface area contributed by atoms with E-state index in [1.54, 1.807) is 18.3 Å². The van der Waals surface area contributed by atoms with Crippen molar-refractivity contribution < 1.29 is 0 Å². The highest BCUT2D eigenvalue weighted by molar-refractivity contribution is 5.77. The Bertz CT molecular complexity index is 1120. The van der Waals surface area contributed by atoms with Crippen molar-refractivity contribution in [3.8, 4) is 11.8 Å². The molecule has 4 aromatic rings. The number of aromatic nitrogens is 3. The Balaban J connectivity index is 1.63. The molecule has 0 aliphatic heterocycles. The summed E-state index contributed by atoms with van der Waals surface area (Å²) in [5, 5.41) is 9.32. The standard InChI is InChI=1S/C22H19N5/c1-16(26(2)22-18(14-23)6-5-13-24-22)17-9-11-19(12-10-17)27-15-25-20-7-3-4-8-21(20)27/h3-13,15-16H,1-2H3. The molecule has 0 aliphatic carbocycles. The van der Waals surface area contributed by atoms with Crippen molar-refractivity contribution in [2.45, 2.75) is 13.0 Å². The van der Waals surface area contributed by atoms with E-state index in [4.69, 9.17) is 0 Å². The van der Waals surface area contributed by atoms with Crippen LogP contribution in [0.3, 0.4) is 0 Å². The second-order valence-corrected chi connectivity index (χ2v) is 6.47. The Morgan fingerprint density at radius 3 is 2.56 bits per heavy atom. The quantitative estimate of drug-likeness (QED) is 0.542. The molecule has 5 nitrogen and oxygen atoms in total. The van der Waals surface area contributed by atoms with Gasteiger partial charge in [0, 0.05) is 18.9 Å². The van der Waals surface area contributed by atoms with Crippen LogP contribution in [0.25, 0.3) is 16.7 Å². The molecule has 0 fully saturated rings. The first-order valence-corrected chi connectivity index (χ1v) is 8.79. The lowest BCUT2D eigenvalue weighted by Crippen LogP contribution is -2.23. The summed E-state index contributed by atoms with van der Waals surface area (Å²) in [5.74, 6) is 0.692. The number of nitriles is 1. The number of nitrogens with zero attached hydrogens (tertiary/aromatic N) is 5. The lowest BCUT2D eigenvalue weighted by Gasteiger charge is -2.27. The van der Waals surface area contributed by atoms with Gasteiger partial charge in [0.25, 0.3) is 0 Å². The Hall–Kier alpha value is -3.65. The van der Waals surface area contributed by atoms with E-state index < -0.39 is 0 Å². The topological polar surface area (TPSA) is 57.7 Å². The minimum absolute atomic E-state index is 0.0839. The number of pyridine rings is 1. The van der Waals surface area contributed by atoms with E-state index in [0.717, 1.165) is 22.3 Å². The van der Waals surface area contributed by atoms with Gasteiger partial charge in [0.1, 0.15) is 18.2 Å². The number of benzene rings is 2. The van der Waals surface area contributed by atoms with Gasteiger partial charge in [-0.2, -0.15) is 5.26 Å². The van der Waals surface area contributed by atoms with Crippen LogP contribution in [0.15, 0.2) is 73.2 Å². The molecule has 0 N–H and O–H groups in total. The molecule has 0 bridgehead atoms. The van der Waals surface area contributed by atoms with Crippen LogP contribution < -0.4 is 4.90 Å². The highest BCUT2D eigenvalue weighted by Gasteiger charge is 2.16. The van der Waals surface area contributed by atoms with E-state index in [-0.39, 0.29) is 6.04 Å². The SMILES string of the molecule is CC(c1ccc(-n2cnc3ccccc32)cc1)N(C)c1ncccc1C#N. The minimum atomic E-state index is 0.0839. The van der Waals surface area contributed by atoms with Gasteiger partial charge in [-0.05, 0) is 48.9 Å². The first kappa shape index (κ1) is 16.8. The number of anilines is 1. The van der Waals surface area contributed by atoms with Crippen molar-refractivity contribution in [1.29, 1.82) is 5.26 Å². The first-order valence-electron chi connectivity index (χ1n) is 8.79. The van der Waals surface area contributed by atoms with E-state index in [9.17, 15) is 5.26 Å². The zero-order chi connectivity index (χ0) is 18.8. The fraction of sp³-hybridized carbons (Fsp3) is 0.136. The third-order valence-electron chi connectivity index (χ3n) is 4.93. The van der Waals surface area contributed by atoms with Crippen molar-refractivity contribution in [1.82, 2.24) is 14.5 Å². The van der Waals surface area contributed by atoms with Gasteiger partial charge in [-0.3, -0.25) is 4.57 Å². The molecule has 132 valence electrons. The van der Waals surface area contributed by atoms with E-state index >= 15 is 0 Å². The number of rotatable bonds is 4. The maximum Gasteiger partial charge on any atom is 0.146 e. The largest absolute Gasteiger partial charge is 0.352 e. The number of hydrogen-bond acceptors (Lipinski definition) is 4. The van der Waals surface area contributed by atoms with E-state index in [2.05, 4.69) is 57.9 Å². The van der Waals surface area contributed by atoms with Gasteiger partial charge in [-0.15, -0.1) is 0 Å². The summed E-state index contributed by atoms with van der Waals surface area (Å²) >= 11 is 0. The molecule has 0 saturated heterocycles. The molecular weight excluding hydrogens is 334 g/mol. The monoisotopic (exact) mass is 353 g/mol. The summed E-state index contributed by atoms with van der Waals surface area (Å²) in [5.41, 5.74) is 4.86. The van der Waals surface area contributed by atoms with Crippen LogP contribution in [0.2, 0.25) is 0 Å². The highest BCUT2D eigenvalue weighted by Crippen LogP contribution is 2.27. The Morgan fingerprint density at radius 2 is 1.78 bits per heavy atom. The minimum Gasteiger partial charge on any atom is -0.352 e. The molecule has 0 radical (unpaired) electrons. The summed E-state index contributed by atoms with van der Waals surface area (Å²) in [6.07, 6.45) is 3.56. The van der Waals surface area contributed by atoms with Gasteiger partial charge >= 0.3 is 0 Å². The summed E-state index contributed by atoms with van der Waals surface area (Å²) in [6, 6.07) is 22.4. The highest BCUT2D eigenvalue weighted by atomic mass is 15.2. The van der Waals surface area contributed by atoms with Gasteiger partial charge in [0.2, 0.25) is 0 Å². The number of para-hydroxylation sites is 2.